The average molecular weight is 373 g/mol. The smallest absolute Gasteiger partial charge is 0.0594 e. The van der Waals surface area contributed by atoms with Gasteiger partial charge in [0.1, 0.15) is 0 Å². The van der Waals surface area contributed by atoms with Crippen LogP contribution in [0.1, 0.15) is 80.1 Å². The van der Waals surface area contributed by atoms with Crippen LogP contribution in [0.2, 0.25) is 0 Å². The molecule has 2 N–H and O–H groups in total. The molecule has 7 atom stereocenters. The Hall–Kier alpha value is -0.600. The highest BCUT2D eigenvalue weighted by Crippen LogP contribution is 2.71. The SMILES string of the molecule is C[C@H](CO)[C@H]1CC[C@@]2(C)C3=CCC4C(C)(C)[C@@H](O)CC[C@]4(C)C3=CC[C@]12C. The summed E-state index contributed by atoms with van der Waals surface area (Å²) in [5.41, 5.74) is 3.86. The fraction of sp³-hybridized carbons (Fsp3) is 0.840. The molecule has 4 aliphatic rings. The van der Waals surface area contributed by atoms with Crippen molar-refractivity contribution >= 4 is 0 Å². The molecule has 2 nitrogen and oxygen atoms in total. The second-order valence-electron chi connectivity index (χ2n) is 11.6. The van der Waals surface area contributed by atoms with E-state index in [1.54, 1.807) is 11.1 Å². The first-order valence-corrected chi connectivity index (χ1v) is 11.2. The van der Waals surface area contributed by atoms with Gasteiger partial charge >= 0.3 is 0 Å². The van der Waals surface area contributed by atoms with Crippen molar-refractivity contribution in [2.75, 3.05) is 6.61 Å². The molecular formula is C25H40O2. The van der Waals surface area contributed by atoms with E-state index in [-0.39, 0.29) is 27.8 Å². The largest absolute Gasteiger partial charge is 0.396 e. The molecule has 4 aliphatic carbocycles. The zero-order valence-corrected chi connectivity index (χ0v) is 18.3. The predicted octanol–water partition coefficient (Wildman–Crippen LogP) is 5.50. The van der Waals surface area contributed by atoms with E-state index in [0.29, 0.717) is 24.4 Å². The summed E-state index contributed by atoms with van der Waals surface area (Å²) in [7, 11) is 0. The quantitative estimate of drug-likeness (QED) is 0.672. The van der Waals surface area contributed by atoms with Gasteiger partial charge in [0, 0.05) is 6.61 Å². The summed E-state index contributed by atoms with van der Waals surface area (Å²) in [6, 6.07) is 0. The van der Waals surface area contributed by atoms with Crippen molar-refractivity contribution in [1.82, 2.24) is 0 Å². The van der Waals surface area contributed by atoms with Crippen LogP contribution in [-0.2, 0) is 0 Å². The van der Waals surface area contributed by atoms with Crippen molar-refractivity contribution in [2.45, 2.75) is 86.2 Å². The molecule has 152 valence electrons. The van der Waals surface area contributed by atoms with Crippen molar-refractivity contribution in [3.8, 4) is 0 Å². The summed E-state index contributed by atoms with van der Waals surface area (Å²) >= 11 is 0. The van der Waals surface area contributed by atoms with Crippen LogP contribution in [0.4, 0.5) is 0 Å². The predicted molar refractivity (Wildman–Crippen MR) is 111 cm³/mol. The molecule has 2 fully saturated rings. The number of aliphatic hydroxyl groups is 2. The Morgan fingerprint density at radius 3 is 2.41 bits per heavy atom. The highest BCUT2D eigenvalue weighted by Gasteiger charge is 2.62. The van der Waals surface area contributed by atoms with E-state index in [2.05, 4.69) is 53.7 Å². The summed E-state index contributed by atoms with van der Waals surface area (Å²) in [4.78, 5) is 0. The van der Waals surface area contributed by atoms with Gasteiger partial charge in [0.25, 0.3) is 0 Å². The molecule has 0 spiro atoms. The van der Waals surface area contributed by atoms with Crippen molar-refractivity contribution < 1.29 is 10.2 Å². The summed E-state index contributed by atoms with van der Waals surface area (Å²) < 4.78 is 0. The number of aliphatic hydroxyl groups excluding tert-OH is 2. The van der Waals surface area contributed by atoms with Crippen molar-refractivity contribution in [1.29, 1.82) is 0 Å². The zero-order valence-electron chi connectivity index (χ0n) is 18.3. The van der Waals surface area contributed by atoms with Gasteiger partial charge in [0.15, 0.2) is 0 Å². The molecule has 2 saturated carbocycles. The monoisotopic (exact) mass is 372 g/mol. The molecule has 0 aromatic heterocycles. The van der Waals surface area contributed by atoms with Crippen LogP contribution in [0.15, 0.2) is 23.3 Å². The molecule has 2 heteroatoms. The maximum Gasteiger partial charge on any atom is 0.0594 e. The Morgan fingerprint density at radius 1 is 1.04 bits per heavy atom. The van der Waals surface area contributed by atoms with Crippen LogP contribution >= 0.6 is 0 Å². The molecule has 0 amide bonds. The molecule has 27 heavy (non-hydrogen) atoms. The van der Waals surface area contributed by atoms with Crippen LogP contribution in [-0.4, -0.2) is 22.9 Å². The van der Waals surface area contributed by atoms with Gasteiger partial charge in [-0.3, -0.25) is 0 Å². The molecule has 0 heterocycles. The Kier molecular flexibility index (Phi) is 4.34. The molecule has 0 radical (unpaired) electrons. The summed E-state index contributed by atoms with van der Waals surface area (Å²) in [6.07, 6.45) is 11.7. The Morgan fingerprint density at radius 2 is 1.74 bits per heavy atom. The second-order valence-corrected chi connectivity index (χ2v) is 11.6. The Bertz CT molecular complexity index is 688. The molecular weight excluding hydrogens is 332 g/mol. The number of fused-ring (bicyclic) bond motifs is 5. The molecule has 0 bridgehead atoms. The van der Waals surface area contributed by atoms with E-state index in [0.717, 1.165) is 25.7 Å². The Balaban J connectivity index is 1.79. The third-order valence-corrected chi connectivity index (χ3v) is 10.3. The zero-order chi connectivity index (χ0) is 19.8. The maximum absolute atomic E-state index is 10.7. The standard InChI is InChI=1S/C25H40O2/c1-16(15-26)17-9-13-25(6)19-7-8-20-22(2,3)21(27)11-12-23(20,4)18(19)10-14-24(17,25)5/h7,10,16-17,20-21,26-27H,8-9,11-15H2,1-6H3/t16-,17-,20?,21+,23-,24-,25+/m1/s1. The summed E-state index contributed by atoms with van der Waals surface area (Å²) in [6.45, 7) is 14.6. The fourth-order valence-corrected chi connectivity index (χ4v) is 8.07. The van der Waals surface area contributed by atoms with Crippen molar-refractivity contribution in [3.05, 3.63) is 23.3 Å². The van der Waals surface area contributed by atoms with Crippen molar-refractivity contribution in [2.24, 2.45) is 39.4 Å². The van der Waals surface area contributed by atoms with Crippen molar-refractivity contribution in [3.63, 3.8) is 0 Å². The fourth-order valence-electron chi connectivity index (χ4n) is 8.07. The highest BCUT2D eigenvalue weighted by molar-refractivity contribution is 5.49. The molecule has 0 aromatic carbocycles. The minimum absolute atomic E-state index is 0.0266. The van der Waals surface area contributed by atoms with Gasteiger partial charge in [0.2, 0.25) is 0 Å². The van der Waals surface area contributed by atoms with Gasteiger partial charge in [0.05, 0.1) is 6.10 Å². The van der Waals surface area contributed by atoms with E-state index in [9.17, 15) is 10.2 Å². The molecule has 1 unspecified atom stereocenters. The minimum Gasteiger partial charge on any atom is -0.396 e. The lowest BCUT2D eigenvalue weighted by molar-refractivity contribution is -0.0852. The Labute approximate surface area is 166 Å². The van der Waals surface area contributed by atoms with E-state index in [1.165, 1.54) is 12.8 Å². The number of hydrogen-bond donors (Lipinski definition) is 2. The summed E-state index contributed by atoms with van der Waals surface area (Å²) in [5, 5.41) is 20.5. The molecule has 4 rings (SSSR count). The third-order valence-electron chi connectivity index (χ3n) is 10.3. The number of hydrogen-bond acceptors (Lipinski definition) is 2. The lowest BCUT2D eigenvalue weighted by Gasteiger charge is -2.61. The van der Waals surface area contributed by atoms with Gasteiger partial charge in [-0.05, 0) is 89.1 Å². The lowest BCUT2D eigenvalue weighted by Crippen LogP contribution is -2.54. The third kappa shape index (κ3) is 2.32. The lowest BCUT2D eigenvalue weighted by atomic mass is 9.44. The van der Waals surface area contributed by atoms with Crippen LogP contribution in [0.3, 0.4) is 0 Å². The normalized spacial score (nSPS) is 49.4. The first-order valence-electron chi connectivity index (χ1n) is 11.2. The average Bonchev–Trinajstić information content (AvgIpc) is 2.90. The maximum atomic E-state index is 10.7. The summed E-state index contributed by atoms with van der Waals surface area (Å²) in [5.74, 6) is 1.50. The number of rotatable bonds is 2. The van der Waals surface area contributed by atoms with Gasteiger partial charge in [-0.2, -0.15) is 0 Å². The molecule has 0 aliphatic heterocycles. The first kappa shape index (κ1) is 19.7. The molecule has 0 saturated heterocycles. The van der Waals surface area contributed by atoms with E-state index < -0.39 is 0 Å². The van der Waals surface area contributed by atoms with Gasteiger partial charge in [-0.25, -0.2) is 0 Å². The second kappa shape index (κ2) is 5.95. The van der Waals surface area contributed by atoms with Gasteiger partial charge in [-0.1, -0.05) is 53.7 Å². The van der Waals surface area contributed by atoms with E-state index in [1.807, 2.05) is 0 Å². The minimum atomic E-state index is -0.183. The van der Waals surface area contributed by atoms with Crippen LogP contribution in [0.25, 0.3) is 0 Å². The molecule has 0 aromatic rings. The van der Waals surface area contributed by atoms with Crippen LogP contribution in [0.5, 0.6) is 0 Å². The van der Waals surface area contributed by atoms with Crippen LogP contribution < -0.4 is 0 Å². The topological polar surface area (TPSA) is 40.5 Å². The van der Waals surface area contributed by atoms with Gasteiger partial charge in [-0.15, -0.1) is 0 Å². The van der Waals surface area contributed by atoms with E-state index >= 15 is 0 Å². The highest BCUT2D eigenvalue weighted by atomic mass is 16.3. The van der Waals surface area contributed by atoms with Crippen LogP contribution in [0, 0.1) is 39.4 Å². The van der Waals surface area contributed by atoms with E-state index in [4.69, 9.17) is 0 Å². The number of allylic oxidation sites excluding steroid dienone is 4. The van der Waals surface area contributed by atoms with Gasteiger partial charge < -0.3 is 10.2 Å². The first-order chi connectivity index (χ1) is 12.5.